The van der Waals surface area contributed by atoms with Gasteiger partial charge in [-0.15, -0.1) is 24.0 Å². The Labute approximate surface area is 172 Å². The molecule has 2 heterocycles. The number of likely N-dealkylation sites (tertiary alicyclic amines) is 2. The first kappa shape index (κ1) is 23.0. The van der Waals surface area contributed by atoms with Gasteiger partial charge in [-0.3, -0.25) is 4.99 Å². The lowest BCUT2D eigenvalue weighted by atomic mass is 10.1. The Morgan fingerprint density at radius 3 is 2.28 bits per heavy atom. The molecule has 0 aliphatic carbocycles. The first-order chi connectivity index (χ1) is 11.8. The molecule has 2 N–H and O–H groups in total. The van der Waals surface area contributed by atoms with Crippen molar-refractivity contribution in [3.8, 4) is 0 Å². The van der Waals surface area contributed by atoms with E-state index in [2.05, 4.69) is 34.3 Å². The molecule has 2 aliphatic heterocycles. The number of guanidine groups is 1. The summed E-state index contributed by atoms with van der Waals surface area (Å²) in [7, 11) is 0. The topological polar surface area (TPSA) is 42.9 Å². The van der Waals surface area contributed by atoms with Gasteiger partial charge in [-0.2, -0.15) is 0 Å². The lowest BCUT2D eigenvalue weighted by molar-refractivity contribution is 0.206. The van der Waals surface area contributed by atoms with Gasteiger partial charge in [-0.05, 0) is 78.0 Å². The predicted octanol–water partition coefficient (Wildman–Crippen LogP) is 2.91. The van der Waals surface area contributed by atoms with Crippen LogP contribution in [-0.4, -0.2) is 74.2 Å². The molecular weight excluding hydrogens is 425 g/mol. The largest absolute Gasteiger partial charge is 0.357 e. The van der Waals surface area contributed by atoms with Crippen molar-refractivity contribution in [2.45, 2.75) is 64.8 Å². The van der Waals surface area contributed by atoms with E-state index in [0.717, 1.165) is 19.0 Å². The van der Waals surface area contributed by atoms with Crippen LogP contribution in [-0.2, 0) is 0 Å². The van der Waals surface area contributed by atoms with E-state index in [4.69, 9.17) is 4.99 Å². The Morgan fingerprint density at radius 2 is 1.64 bits per heavy atom. The molecular formula is C19H40IN5. The molecule has 0 unspecified atom stereocenters. The maximum atomic E-state index is 4.79. The lowest BCUT2D eigenvalue weighted by Gasteiger charge is -2.32. The Kier molecular flexibility index (Phi) is 12.9. The highest BCUT2D eigenvalue weighted by Gasteiger charge is 2.19. The summed E-state index contributed by atoms with van der Waals surface area (Å²) < 4.78 is 0. The summed E-state index contributed by atoms with van der Waals surface area (Å²) in [4.78, 5) is 9.97. The number of aliphatic imine (C=N–C) groups is 1. The van der Waals surface area contributed by atoms with Crippen LogP contribution in [0.5, 0.6) is 0 Å². The standard InChI is InChI=1S/C19H39N5.HI/c1-3-12-23-16-9-18(10-17-23)22-19(20-4-2)21-11-5-6-13-24-14-7-8-15-24;/h18H,3-17H2,1-2H3,(H2,20,21,22);1H. The van der Waals surface area contributed by atoms with Crippen LogP contribution in [0, 0.1) is 0 Å². The zero-order valence-electron chi connectivity index (χ0n) is 16.4. The first-order valence-electron chi connectivity index (χ1n) is 10.3. The zero-order chi connectivity index (χ0) is 17.0. The molecule has 0 aromatic heterocycles. The molecule has 25 heavy (non-hydrogen) atoms. The van der Waals surface area contributed by atoms with Crippen molar-refractivity contribution in [2.24, 2.45) is 4.99 Å². The molecule has 0 aromatic carbocycles. The second-order valence-corrected chi connectivity index (χ2v) is 7.28. The van der Waals surface area contributed by atoms with Crippen LogP contribution in [0.25, 0.3) is 0 Å². The van der Waals surface area contributed by atoms with E-state index in [1.807, 2.05) is 0 Å². The molecule has 2 rings (SSSR count). The van der Waals surface area contributed by atoms with Gasteiger partial charge in [0.2, 0.25) is 0 Å². The summed E-state index contributed by atoms with van der Waals surface area (Å²) in [6.45, 7) is 13.9. The van der Waals surface area contributed by atoms with Gasteiger partial charge in [0.25, 0.3) is 0 Å². The molecule has 2 aliphatic rings. The van der Waals surface area contributed by atoms with Gasteiger partial charge in [0.1, 0.15) is 0 Å². The zero-order valence-corrected chi connectivity index (χ0v) is 18.8. The van der Waals surface area contributed by atoms with Crippen LogP contribution in [0.15, 0.2) is 4.99 Å². The monoisotopic (exact) mass is 465 g/mol. The molecule has 148 valence electrons. The molecule has 0 spiro atoms. The van der Waals surface area contributed by atoms with Crippen LogP contribution < -0.4 is 10.6 Å². The third-order valence-corrected chi connectivity index (χ3v) is 5.16. The van der Waals surface area contributed by atoms with Crippen LogP contribution >= 0.6 is 24.0 Å². The number of hydrogen-bond acceptors (Lipinski definition) is 3. The van der Waals surface area contributed by atoms with Gasteiger partial charge in [0.15, 0.2) is 5.96 Å². The van der Waals surface area contributed by atoms with Crippen molar-refractivity contribution in [1.29, 1.82) is 0 Å². The average molecular weight is 465 g/mol. The van der Waals surface area contributed by atoms with Crippen molar-refractivity contribution in [1.82, 2.24) is 20.4 Å². The Morgan fingerprint density at radius 1 is 0.960 bits per heavy atom. The summed E-state index contributed by atoms with van der Waals surface area (Å²) in [5.41, 5.74) is 0. The Balaban J connectivity index is 0.00000312. The molecule has 0 bridgehead atoms. The van der Waals surface area contributed by atoms with E-state index in [1.165, 1.54) is 84.2 Å². The van der Waals surface area contributed by atoms with Crippen LogP contribution in [0.2, 0.25) is 0 Å². The smallest absolute Gasteiger partial charge is 0.191 e. The number of nitrogens with zero attached hydrogens (tertiary/aromatic N) is 3. The van der Waals surface area contributed by atoms with E-state index >= 15 is 0 Å². The maximum Gasteiger partial charge on any atom is 0.191 e. The molecule has 0 saturated carbocycles. The molecule has 0 amide bonds. The van der Waals surface area contributed by atoms with Crippen LogP contribution in [0.1, 0.15) is 58.8 Å². The minimum atomic E-state index is 0. The fourth-order valence-corrected chi connectivity index (χ4v) is 3.77. The SMILES string of the molecule is CCCN1CCC(NC(=NCCCCN2CCCC2)NCC)CC1.I. The summed E-state index contributed by atoms with van der Waals surface area (Å²) in [6, 6.07) is 0.584. The average Bonchev–Trinajstić information content (AvgIpc) is 3.10. The van der Waals surface area contributed by atoms with Crippen molar-refractivity contribution < 1.29 is 0 Å². The molecule has 2 saturated heterocycles. The van der Waals surface area contributed by atoms with E-state index in [0.29, 0.717) is 6.04 Å². The van der Waals surface area contributed by atoms with E-state index in [-0.39, 0.29) is 24.0 Å². The molecule has 0 aromatic rings. The van der Waals surface area contributed by atoms with Crippen molar-refractivity contribution in [2.75, 3.05) is 52.4 Å². The van der Waals surface area contributed by atoms with Crippen molar-refractivity contribution in [3.05, 3.63) is 0 Å². The van der Waals surface area contributed by atoms with Gasteiger partial charge in [-0.25, -0.2) is 0 Å². The third kappa shape index (κ3) is 9.43. The highest BCUT2D eigenvalue weighted by molar-refractivity contribution is 14.0. The van der Waals surface area contributed by atoms with Crippen molar-refractivity contribution in [3.63, 3.8) is 0 Å². The molecule has 2 fully saturated rings. The summed E-state index contributed by atoms with van der Waals surface area (Å²) >= 11 is 0. The number of rotatable bonds is 9. The van der Waals surface area contributed by atoms with Gasteiger partial charge < -0.3 is 20.4 Å². The van der Waals surface area contributed by atoms with Crippen LogP contribution in [0.3, 0.4) is 0 Å². The number of piperidine rings is 1. The number of unbranched alkanes of at least 4 members (excludes halogenated alkanes) is 1. The Bertz CT molecular complexity index is 350. The normalized spacial score (nSPS) is 20.5. The highest BCUT2D eigenvalue weighted by Crippen LogP contribution is 2.11. The molecule has 5 nitrogen and oxygen atoms in total. The van der Waals surface area contributed by atoms with Crippen molar-refractivity contribution >= 4 is 29.9 Å². The number of hydrogen-bond donors (Lipinski definition) is 2. The van der Waals surface area contributed by atoms with Gasteiger partial charge in [0, 0.05) is 32.2 Å². The second kappa shape index (κ2) is 14.0. The minimum absolute atomic E-state index is 0. The number of nitrogens with one attached hydrogen (secondary N) is 2. The summed E-state index contributed by atoms with van der Waals surface area (Å²) in [5.74, 6) is 1.02. The second-order valence-electron chi connectivity index (χ2n) is 7.28. The molecule has 6 heteroatoms. The maximum absolute atomic E-state index is 4.79. The molecule has 0 radical (unpaired) electrons. The van der Waals surface area contributed by atoms with Gasteiger partial charge >= 0.3 is 0 Å². The minimum Gasteiger partial charge on any atom is -0.357 e. The predicted molar refractivity (Wildman–Crippen MR) is 119 cm³/mol. The van der Waals surface area contributed by atoms with Gasteiger partial charge in [0.05, 0.1) is 0 Å². The summed E-state index contributed by atoms with van der Waals surface area (Å²) in [5, 5.41) is 7.07. The summed E-state index contributed by atoms with van der Waals surface area (Å²) in [6.07, 6.45) is 8.99. The number of halogens is 1. The van der Waals surface area contributed by atoms with Crippen LogP contribution in [0.4, 0.5) is 0 Å². The fraction of sp³-hybridized carbons (Fsp3) is 0.947. The Hall–Kier alpha value is -0.0800. The third-order valence-electron chi connectivity index (χ3n) is 5.16. The highest BCUT2D eigenvalue weighted by atomic mass is 127. The van der Waals surface area contributed by atoms with E-state index in [1.54, 1.807) is 0 Å². The quantitative estimate of drug-likeness (QED) is 0.238. The van der Waals surface area contributed by atoms with E-state index < -0.39 is 0 Å². The van der Waals surface area contributed by atoms with E-state index in [9.17, 15) is 0 Å². The lowest BCUT2D eigenvalue weighted by Crippen LogP contribution is -2.48. The van der Waals surface area contributed by atoms with Gasteiger partial charge in [-0.1, -0.05) is 6.92 Å². The fourth-order valence-electron chi connectivity index (χ4n) is 3.77. The first-order valence-corrected chi connectivity index (χ1v) is 10.3. The molecule has 0 atom stereocenters.